The molecule has 1 N–H and O–H groups in total. The van der Waals surface area contributed by atoms with Crippen LogP contribution in [0.1, 0.15) is 19.4 Å². The molecule has 1 atom stereocenters. The maximum absolute atomic E-state index is 9.57. The highest BCUT2D eigenvalue weighted by Gasteiger charge is 2.05. The van der Waals surface area contributed by atoms with Crippen LogP contribution in [0, 0.1) is 6.92 Å². The van der Waals surface area contributed by atoms with Crippen LogP contribution in [0.5, 0.6) is 5.75 Å². The lowest BCUT2D eigenvalue weighted by atomic mass is 10.2. The van der Waals surface area contributed by atoms with E-state index in [9.17, 15) is 5.11 Å². The van der Waals surface area contributed by atoms with Crippen LogP contribution in [-0.2, 0) is 4.84 Å². The summed E-state index contributed by atoms with van der Waals surface area (Å²) in [5, 5.41) is 13.3. The van der Waals surface area contributed by atoms with E-state index in [0.29, 0.717) is 0 Å². The minimum absolute atomic E-state index is 0.136. The molecule has 1 aromatic carbocycles. The van der Waals surface area contributed by atoms with E-state index in [4.69, 9.17) is 9.57 Å². The van der Waals surface area contributed by atoms with Crippen LogP contribution in [0.2, 0.25) is 0 Å². The van der Waals surface area contributed by atoms with Crippen LogP contribution < -0.4 is 4.74 Å². The van der Waals surface area contributed by atoms with Gasteiger partial charge >= 0.3 is 0 Å². The fourth-order valence-electron chi connectivity index (χ4n) is 1.20. The number of aryl methyl sites for hydroxylation is 1. The molecule has 0 aliphatic heterocycles. The molecule has 17 heavy (non-hydrogen) atoms. The molecule has 94 valence electrons. The Bertz CT molecular complexity index is 373. The quantitative estimate of drug-likeness (QED) is 0.609. The minimum Gasteiger partial charge on any atom is -0.491 e. The molecule has 1 aromatic rings. The van der Waals surface area contributed by atoms with Gasteiger partial charge < -0.3 is 14.7 Å². The Morgan fingerprint density at radius 2 is 2.12 bits per heavy atom. The summed E-state index contributed by atoms with van der Waals surface area (Å²) in [6.45, 7) is 5.98. The summed E-state index contributed by atoms with van der Waals surface area (Å²) in [7, 11) is 0. The lowest BCUT2D eigenvalue weighted by molar-refractivity contribution is 0.0142. The van der Waals surface area contributed by atoms with Gasteiger partial charge in [-0.3, -0.25) is 0 Å². The smallest absolute Gasteiger partial charge is 0.146 e. The number of aliphatic hydroxyl groups is 1. The van der Waals surface area contributed by atoms with E-state index in [1.165, 1.54) is 0 Å². The van der Waals surface area contributed by atoms with Gasteiger partial charge in [0.05, 0.1) is 5.71 Å². The van der Waals surface area contributed by atoms with Crippen molar-refractivity contribution in [1.82, 2.24) is 0 Å². The van der Waals surface area contributed by atoms with Crippen molar-refractivity contribution in [3.63, 3.8) is 0 Å². The lowest BCUT2D eigenvalue weighted by Crippen LogP contribution is -2.22. The molecule has 0 saturated carbocycles. The van der Waals surface area contributed by atoms with Crippen LogP contribution in [0.4, 0.5) is 0 Å². The van der Waals surface area contributed by atoms with Crippen LogP contribution in [0.3, 0.4) is 0 Å². The lowest BCUT2D eigenvalue weighted by Gasteiger charge is -2.11. The Morgan fingerprint density at radius 3 is 2.76 bits per heavy atom. The Labute approximate surface area is 102 Å². The van der Waals surface area contributed by atoms with E-state index >= 15 is 0 Å². The van der Waals surface area contributed by atoms with Gasteiger partial charge in [0.25, 0.3) is 0 Å². The van der Waals surface area contributed by atoms with E-state index in [0.717, 1.165) is 17.0 Å². The third-order valence-electron chi connectivity index (χ3n) is 1.95. The van der Waals surface area contributed by atoms with Crippen molar-refractivity contribution in [3.05, 3.63) is 29.8 Å². The Balaban J connectivity index is 2.28. The molecule has 0 radical (unpaired) electrons. The van der Waals surface area contributed by atoms with Crippen molar-refractivity contribution in [2.24, 2.45) is 5.16 Å². The maximum atomic E-state index is 9.57. The van der Waals surface area contributed by atoms with E-state index < -0.39 is 6.10 Å². The molecule has 1 rings (SSSR count). The SMILES string of the molecule is CC(C)=NOC[C@@H](O)COc1cccc(C)c1. The minimum atomic E-state index is -0.682. The van der Waals surface area contributed by atoms with Gasteiger partial charge in [-0.25, -0.2) is 0 Å². The summed E-state index contributed by atoms with van der Waals surface area (Å²) >= 11 is 0. The molecule has 0 saturated heterocycles. The summed E-state index contributed by atoms with van der Waals surface area (Å²) in [5.41, 5.74) is 1.94. The fraction of sp³-hybridized carbons (Fsp3) is 0.462. The third-order valence-corrected chi connectivity index (χ3v) is 1.95. The molecular weight excluding hydrogens is 218 g/mol. The van der Waals surface area contributed by atoms with Crippen LogP contribution in [0.25, 0.3) is 0 Å². The van der Waals surface area contributed by atoms with Gasteiger partial charge in [-0.15, -0.1) is 0 Å². The summed E-state index contributed by atoms with van der Waals surface area (Å²) < 4.78 is 5.43. The number of aliphatic hydroxyl groups excluding tert-OH is 1. The first-order chi connectivity index (χ1) is 8.08. The van der Waals surface area contributed by atoms with Gasteiger partial charge in [-0.1, -0.05) is 17.3 Å². The monoisotopic (exact) mass is 237 g/mol. The molecule has 0 aliphatic carbocycles. The molecular formula is C13H19NO3. The molecule has 0 amide bonds. The highest BCUT2D eigenvalue weighted by atomic mass is 16.6. The average molecular weight is 237 g/mol. The Hall–Kier alpha value is -1.55. The predicted molar refractivity (Wildman–Crippen MR) is 67.4 cm³/mol. The number of rotatable bonds is 6. The third kappa shape index (κ3) is 5.92. The molecule has 0 aromatic heterocycles. The van der Waals surface area contributed by atoms with Crippen molar-refractivity contribution < 1.29 is 14.7 Å². The maximum Gasteiger partial charge on any atom is 0.146 e. The first-order valence-electron chi connectivity index (χ1n) is 5.58. The molecule has 4 nitrogen and oxygen atoms in total. The highest BCUT2D eigenvalue weighted by molar-refractivity contribution is 5.78. The number of oxime groups is 1. The van der Waals surface area contributed by atoms with Gasteiger partial charge in [0.1, 0.15) is 25.1 Å². The molecule has 0 unspecified atom stereocenters. The summed E-state index contributed by atoms with van der Waals surface area (Å²) in [6.07, 6.45) is -0.682. The first kappa shape index (κ1) is 13.5. The van der Waals surface area contributed by atoms with Gasteiger partial charge in [-0.05, 0) is 38.5 Å². The fourth-order valence-corrected chi connectivity index (χ4v) is 1.20. The van der Waals surface area contributed by atoms with E-state index in [1.807, 2.05) is 45.0 Å². The van der Waals surface area contributed by atoms with E-state index in [1.54, 1.807) is 0 Å². The van der Waals surface area contributed by atoms with E-state index in [-0.39, 0.29) is 13.2 Å². The van der Waals surface area contributed by atoms with Crippen LogP contribution >= 0.6 is 0 Å². The van der Waals surface area contributed by atoms with Crippen LogP contribution in [-0.4, -0.2) is 30.1 Å². The summed E-state index contributed by atoms with van der Waals surface area (Å²) in [5.74, 6) is 0.749. The second-order valence-electron chi connectivity index (χ2n) is 4.12. The topological polar surface area (TPSA) is 51.0 Å². The largest absolute Gasteiger partial charge is 0.491 e. The number of hydrogen-bond donors (Lipinski definition) is 1. The van der Waals surface area contributed by atoms with Crippen LogP contribution in [0.15, 0.2) is 29.4 Å². The molecule has 4 heteroatoms. The van der Waals surface area contributed by atoms with Crippen molar-refractivity contribution in [1.29, 1.82) is 0 Å². The number of ether oxygens (including phenoxy) is 1. The molecule has 0 fully saturated rings. The van der Waals surface area contributed by atoms with E-state index in [2.05, 4.69) is 5.16 Å². The predicted octanol–water partition coefficient (Wildman–Crippen LogP) is 2.15. The first-order valence-corrected chi connectivity index (χ1v) is 5.58. The Morgan fingerprint density at radius 1 is 1.35 bits per heavy atom. The van der Waals surface area contributed by atoms with Crippen molar-refractivity contribution in [2.75, 3.05) is 13.2 Å². The zero-order valence-electron chi connectivity index (χ0n) is 10.5. The zero-order chi connectivity index (χ0) is 12.7. The summed E-state index contributed by atoms with van der Waals surface area (Å²) in [6, 6.07) is 7.68. The Kier molecular flexibility index (Phi) is 5.49. The van der Waals surface area contributed by atoms with Crippen molar-refractivity contribution in [2.45, 2.75) is 26.9 Å². The van der Waals surface area contributed by atoms with Crippen molar-refractivity contribution in [3.8, 4) is 5.75 Å². The zero-order valence-corrected chi connectivity index (χ0v) is 10.5. The highest BCUT2D eigenvalue weighted by Crippen LogP contribution is 2.12. The molecule has 0 spiro atoms. The number of nitrogens with zero attached hydrogens (tertiary/aromatic N) is 1. The van der Waals surface area contributed by atoms with Gasteiger partial charge in [-0.2, -0.15) is 0 Å². The van der Waals surface area contributed by atoms with Crippen molar-refractivity contribution >= 4 is 5.71 Å². The molecule has 0 heterocycles. The molecule has 0 aliphatic rings. The van der Waals surface area contributed by atoms with Gasteiger partial charge in [0, 0.05) is 0 Å². The number of benzene rings is 1. The summed E-state index contributed by atoms with van der Waals surface area (Å²) in [4.78, 5) is 4.93. The second-order valence-corrected chi connectivity index (χ2v) is 4.12. The van der Waals surface area contributed by atoms with Gasteiger partial charge in [0.2, 0.25) is 0 Å². The standard InChI is InChI=1S/C13H19NO3/c1-10(2)14-17-9-12(15)8-16-13-6-4-5-11(3)7-13/h4-7,12,15H,8-9H2,1-3H3/t12-/m0/s1. The van der Waals surface area contributed by atoms with Gasteiger partial charge in [0.15, 0.2) is 0 Å². The second kappa shape index (κ2) is 6.91. The average Bonchev–Trinajstić information content (AvgIpc) is 2.26. The molecule has 0 bridgehead atoms. The number of hydrogen-bond acceptors (Lipinski definition) is 4. The normalized spacial score (nSPS) is 11.8.